The molecular weight excluding hydrogens is 293 g/mol. The second-order valence-electron chi connectivity index (χ2n) is 4.66. The molecule has 0 bridgehead atoms. The number of nitrogens with one attached hydrogen (secondary N) is 2. The van der Waals surface area contributed by atoms with Gasteiger partial charge in [-0.15, -0.1) is 0 Å². The van der Waals surface area contributed by atoms with Crippen molar-refractivity contribution in [3.05, 3.63) is 51.6 Å². The Morgan fingerprint density at radius 1 is 1.33 bits per heavy atom. The quantitative estimate of drug-likeness (QED) is 0.658. The molecule has 0 spiro atoms. The molecule has 2 N–H and O–H groups in total. The summed E-state index contributed by atoms with van der Waals surface area (Å²) in [4.78, 5) is 30.9. The maximum absolute atomic E-state index is 14.0. The Bertz CT molecular complexity index is 775. The van der Waals surface area contributed by atoms with Gasteiger partial charge in [-0.3, -0.25) is 9.59 Å². The number of fused-ring (bicyclic) bond motifs is 1. The van der Waals surface area contributed by atoms with E-state index in [9.17, 15) is 14.0 Å². The van der Waals surface area contributed by atoms with Crippen molar-refractivity contribution in [2.45, 2.75) is 17.5 Å². The first-order valence-electron chi connectivity index (χ1n) is 6.32. The van der Waals surface area contributed by atoms with Crippen LogP contribution >= 0.6 is 11.8 Å². The monoisotopic (exact) mass is 305 g/mol. The number of hydrogen-bond donors (Lipinski definition) is 2. The molecule has 108 valence electrons. The molecule has 1 aliphatic rings. The highest BCUT2D eigenvalue weighted by Crippen LogP contribution is 2.35. The highest BCUT2D eigenvalue weighted by Gasteiger charge is 2.32. The van der Waals surface area contributed by atoms with Crippen molar-refractivity contribution in [2.24, 2.45) is 0 Å². The van der Waals surface area contributed by atoms with Crippen LogP contribution in [0.25, 0.3) is 0 Å². The molecule has 1 aromatic carbocycles. The van der Waals surface area contributed by atoms with Gasteiger partial charge in [0.2, 0.25) is 5.91 Å². The van der Waals surface area contributed by atoms with Gasteiger partial charge in [-0.25, -0.2) is 9.37 Å². The lowest BCUT2D eigenvalue weighted by molar-refractivity contribution is -0.116. The minimum Gasteiger partial charge on any atom is -0.310 e. The summed E-state index contributed by atoms with van der Waals surface area (Å²) < 4.78 is 14.0. The lowest BCUT2D eigenvalue weighted by atomic mass is 9.86. The number of aromatic amines is 1. The van der Waals surface area contributed by atoms with Crippen molar-refractivity contribution < 1.29 is 9.18 Å². The summed E-state index contributed by atoms with van der Waals surface area (Å²) in [6, 6.07) is 6.16. The summed E-state index contributed by atoms with van der Waals surface area (Å²) in [7, 11) is 0. The van der Waals surface area contributed by atoms with Gasteiger partial charge in [0.05, 0.1) is 5.56 Å². The molecular formula is C14H12FN3O2S. The molecule has 1 aliphatic heterocycles. The molecule has 1 aromatic heterocycles. The van der Waals surface area contributed by atoms with Crippen molar-refractivity contribution in [3.8, 4) is 0 Å². The number of thioether (sulfide) groups is 1. The Labute approximate surface area is 124 Å². The molecule has 1 atom stereocenters. The van der Waals surface area contributed by atoms with Gasteiger partial charge in [0.25, 0.3) is 5.56 Å². The summed E-state index contributed by atoms with van der Waals surface area (Å²) >= 11 is 1.27. The fourth-order valence-corrected chi connectivity index (χ4v) is 2.85. The topological polar surface area (TPSA) is 74.8 Å². The highest BCUT2D eigenvalue weighted by molar-refractivity contribution is 7.98. The van der Waals surface area contributed by atoms with Crippen molar-refractivity contribution in [1.82, 2.24) is 9.97 Å². The number of nitrogens with zero attached hydrogens (tertiary/aromatic N) is 1. The van der Waals surface area contributed by atoms with Gasteiger partial charge < -0.3 is 10.3 Å². The number of aromatic nitrogens is 2. The third-order valence-corrected chi connectivity index (χ3v) is 3.98. The minimum atomic E-state index is -0.623. The first kappa shape index (κ1) is 13.8. The Morgan fingerprint density at radius 3 is 2.81 bits per heavy atom. The molecule has 0 radical (unpaired) electrons. The van der Waals surface area contributed by atoms with Gasteiger partial charge in [0.1, 0.15) is 11.6 Å². The molecule has 0 unspecified atom stereocenters. The zero-order valence-corrected chi connectivity index (χ0v) is 12.0. The third kappa shape index (κ3) is 2.44. The van der Waals surface area contributed by atoms with E-state index in [0.29, 0.717) is 16.3 Å². The normalized spacial score (nSPS) is 17.2. The maximum atomic E-state index is 14.0. The van der Waals surface area contributed by atoms with E-state index in [4.69, 9.17) is 0 Å². The Morgan fingerprint density at radius 2 is 2.10 bits per heavy atom. The largest absolute Gasteiger partial charge is 0.310 e. The first-order chi connectivity index (χ1) is 10.1. The second-order valence-corrected chi connectivity index (χ2v) is 5.46. The molecule has 0 aliphatic carbocycles. The van der Waals surface area contributed by atoms with Crippen LogP contribution in [0, 0.1) is 5.82 Å². The fraction of sp³-hybridized carbons (Fsp3) is 0.214. The molecule has 1 amide bonds. The van der Waals surface area contributed by atoms with Crippen molar-refractivity contribution >= 4 is 23.5 Å². The van der Waals surface area contributed by atoms with Crippen molar-refractivity contribution in [1.29, 1.82) is 0 Å². The Balaban J connectivity index is 2.21. The van der Waals surface area contributed by atoms with Crippen molar-refractivity contribution in [2.75, 3.05) is 11.6 Å². The van der Waals surface area contributed by atoms with Crippen LogP contribution in [-0.4, -0.2) is 22.1 Å². The number of H-pyrrole nitrogens is 1. The van der Waals surface area contributed by atoms with Crippen LogP contribution in [0.4, 0.5) is 10.2 Å². The van der Waals surface area contributed by atoms with Crippen LogP contribution in [0.2, 0.25) is 0 Å². The zero-order valence-electron chi connectivity index (χ0n) is 11.1. The Hall–Kier alpha value is -2.15. The molecule has 0 fully saturated rings. The molecule has 2 aromatic rings. The predicted octanol–water partition coefficient (Wildman–Crippen LogP) is 2.10. The van der Waals surface area contributed by atoms with E-state index in [1.807, 2.05) is 0 Å². The molecule has 5 nitrogen and oxygen atoms in total. The maximum Gasteiger partial charge on any atom is 0.257 e. The van der Waals surface area contributed by atoms with Crippen LogP contribution in [-0.2, 0) is 4.79 Å². The number of carbonyl (C=O) groups excluding carboxylic acids is 1. The summed E-state index contributed by atoms with van der Waals surface area (Å²) in [5.74, 6) is -1.12. The van der Waals surface area contributed by atoms with Crippen LogP contribution in [0.5, 0.6) is 0 Å². The number of benzene rings is 1. The van der Waals surface area contributed by atoms with Gasteiger partial charge in [-0.05, 0) is 17.9 Å². The first-order valence-corrected chi connectivity index (χ1v) is 7.55. The molecule has 21 heavy (non-hydrogen) atoms. The van der Waals surface area contributed by atoms with Gasteiger partial charge in [0.15, 0.2) is 5.16 Å². The Kier molecular flexibility index (Phi) is 3.50. The summed E-state index contributed by atoms with van der Waals surface area (Å²) in [5, 5.41) is 3.00. The van der Waals surface area contributed by atoms with Gasteiger partial charge in [0, 0.05) is 12.3 Å². The molecule has 2 heterocycles. The molecule has 7 heteroatoms. The van der Waals surface area contributed by atoms with Crippen LogP contribution in [0.3, 0.4) is 0 Å². The number of anilines is 1. The van der Waals surface area contributed by atoms with Gasteiger partial charge in [-0.2, -0.15) is 0 Å². The van der Waals surface area contributed by atoms with Crippen LogP contribution in [0.15, 0.2) is 34.2 Å². The summed E-state index contributed by atoms with van der Waals surface area (Å²) in [5.41, 5.74) is 0.285. The van der Waals surface area contributed by atoms with E-state index in [2.05, 4.69) is 15.3 Å². The number of amides is 1. The predicted molar refractivity (Wildman–Crippen MR) is 78.1 cm³/mol. The average Bonchev–Trinajstić information content (AvgIpc) is 2.46. The van der Waals surface area contributed by atoms with Gasteiger partial charge >= 0.3 is 0 Å². The van der Waals surface area contributed by atoms with E-state index < -0.39 is 11.7 Å². The minimum absolute atomic E-state index is 0.0251. The van der Waals surface area contributed by atoms with Crippen LogP contribution < -0.4 is 10.9 Å². The lowest BCUT2D eigenvalue weighted by Gasteiger charge is -2.24. The van der Waals surface area contributed by atoms with E-state index in [1.165, 1.54) is 17.8 Å². The smallest absolute Gasteiger partial charge is 0.257 e. The SMILES string of the molecule is CSc1nc2c(c(=O)[nH]1)[C@H](c1ccccc1F)CC(=O)N2. The lowest BCUT2D eigenvalue weighted by Crippen LogP contribution is -2.31. The number of hydrogen-bond acceptors (Lipinski definition) is 4. The van der Waals surface area contributed by atoms with E-state index in [-0.39, 0.29) is 23.7 Å². The number of carbonyl (C=O) groups is 1. The second kappa shape index (κ2) is 5.33. The number of halogens is 1. The zero-order chi connectivity index (χ0) is 15.0. The van der Waals surface area contributed by atoms with E-state index in [0.717, 1.165) is 0 Å². The highest BCUT2D eigenvalue weighted by atomic mass is 32.2. The standard InChI is InChI=1S/C14H12FN3O2S/c1-21-14-17-12-11(13(20)18-14)8(6-10(19)16-12)7-4-2-3-5-9(7)15/h2-5,8H,6H2,1H3,(H2,16,17,18,19,20)/t8-/m0/s1. The molecule has 0 saturated heterocycles. The van der Waals surface area contributed by atoms with Gasteiger partial charge in [-0.1, -0.05) is 30.0 Å². The van der Waals surface area contributed by atoms with E-state index >= 15 is 0 Å². The average molecular weight is 305 g/mol. The fourth-order valence-electron chi connectivity index (χ4n) is 2.47. The molecule has 0 saturated carbocycles. The van der Waals surface area contributed by atoms with Crippen LogP contribution in [0.1, 0.15) is 23.5 Å². The third-order valence-electron chi connectivity index (χ3n) is 3.40. The molecule has 3 rings (SSSR count). The summed E-state index contributed by atoms with van der Waals surface area (Å²) in [6.45, 7) is 0. The summed E-state index contributed by atoms with van der Waals surface area (Å²) in [6.07, 6.45) is 1.79. The number of rotatable bonds is 2. The van der Waals surface area contributed by atoms with E-state index in [1.54, 1.807) is 24.5 Å². The van der Waals surface area contributed by atoms with Crippen molar-refractivity contribution in [3.63, 3.8) is 0 Å².